The zero-order chi connectivity index (χ0) is 13.7. The number of hydrogen-bond acceptors (Lipinski definition) is 4. The molecule has 2 aromatic rings. The summed E-state index contributed by atoms with van der Waals surface area (Å²) in [6.07, 6.45) is 4.19. The summed E-state index contributed by atoms with van der Waals surface area (Å²) in [5.41, 5.74) is 6.56. The highest BCUT2D eigenvalue weighted by molar-refractivity contribution is 6.29. The molecule has 0 amide bonds. The lowest BCUT2D eigenvalue weighted by Gasteiger charge is -1.96. The van der Waals surface area contributed by atoms with Gasteiger partial charge in [-0.15, -0.1) is 5.10 Å². The van der Waals surface area contributed by atoms with Crippen LogP contribution in [0.15, 0.2) is 46.9 Å². The molecule has 0 bridgehead atoms. The number of hydrogen-bond donors (Lipinski definition) is 1. The van der Waals surface area contributed by atoms with Crippen LogP contribution in [0.3, 0.4) is 0 Å². The number of aromatic nitrogens is 2. The van der Waals surface area contributed by atoms with E-state index in [-0.39, 0.29) is 16.8 Å². The van der Waals surface area contributed by atoms with Crippen molar-refractivity contribution in [3.8, 4) is 0 Å². The molecular weight excluding hydrogens is 269 g/mol. The first-order valence-corrected chi connectivity index (χ1v) is 5.63. The SMILES string of the molecule is N/C(=N/N=C/c1cccc(F)c1)c1cncc(Cl)n1. The van der Waals surface area contributed by atoms with Crippen molar-refractivity contribution in [1.29, 1.82) is 0 Å². The van der Waals surface area contributed by atoms with E-state index >= 15 is 0 Å². The van der Waals surface area contributed by atoms with Crippen molar-refractivity contribution in [3.05, 3.63) is 58.9 Å². The minimum absolute atomic E-state index is 0.0719. The van der Waals surface area contributed by atoms with E-state index in [0.29, 0.717) is 11.3 Å². The van der Waals surface area contributed by atoms with Crippen LogP contribution in [0.25, 0.3) is 0 Å². The van der Waals surface area contributed by atoms with Gasteiger partial charge in [0.25, 0.3) is 0 Å². The molecule has 0 fully saturated rings. The highest BCUT2D eigenvalue weighted by Crippen LogP contribution is 2.03. The summed E-state index contributed by atoms with van der Waals surface area (Å²) in [4.78, 5) is 7.75. The van der Waals surface area contributed by atoms with E-state index in [1.165, 1.54) is 30.7 Å². The number of rotatable bonds is 3. The van der Waals surface area contributed by atoms with E-state index in [0.717, 1.165) is 0 Å². The molecule has 0 spiro atoms. The molecule has 1 aromatic heterocycles. The van der Waals surface area contributed by atoms with Crippen molar-refractivity contribution in [1.82, 2.24) is 9.97 Å². The van der Waals surface area contributed by atoms with Crippen LogP contribution in [0.1, 0.15) is 11.3 Å². The van der Waals surface area contributed by atoms with Gasteiger partial charge in [0.15, 0.2) is 5.84 Å². The smallest absolute Gasteiger partial charge is 0.173 e. The van der Waals surface area contributed by atoms with E-state index in [1.807, 2.05) is 0 Å². The van der Waals surface area contributed by atoms with E-state index in [1.54, 1.807) is 12.1 Å². The van der Waals surface area contributed by atoms with E-state index in [9.17, 15) is 4.39 Å². The summed E-state index contributed by atoms with van der Waals surface area (Å²) in [5.74, 6) is -0.274. The summed E-state index contributed by atoms with van der Waals surface area (Å²) in [7, 11) is 0. The monoisotopic (exact) mass is 277 g/mol. The van der Waals surface area contributed by atoms with E-state index in [2.05, 4.69) is 20.2 Å². The highest BCUT2D eigenvalue weighted by atomic mass is 35.5. The molecule has 1 heterocycles. The first-order chi connectivity index (χ1) is 9.15. The number of amidine groups is 1. The van der Waals surface area contributed by atoms with Crippen LogP contribution in [0.5, 0.6) is 0 Å². The standard InChI is InChI=1S/C12H9ClFN5/c13-11-7-16-6-10(18-11)12(15)19-17-5-8-2-1-3-9(14)4-8/h1-7H,(H2,15,19)/b17-5+. The predicted molar refractivity (Wildman–Crippen MR) is 71.8 cm³/mol. The Bertz CT molecular complexity index is 642. The Morgan fingerprint density at radius 3 is 2.95 bits per heavy atom. The minimum Gasteiger partial charge on any atom is -0.380 e. The van der Waals surface area contributed by atoms with Crippen molar-refractivity contribution >= 4 is 23.7 Å². The fourth-order valence-corrected chi connectivity index (χ4v) is 1.41. The summed E-state index contributed by atoms with van der Waals surface area (Å²) in [6, 6.07) is 5.94. The third-order valence-electron chi connectivity index (χ3n) is 2.09. The Morgan fingerprint density at radius 2 is 2.21 bits per heavy atom. The van der Waals surface area contributed by atoms with Gasteiger partial charge in [0.05, 0.1) is 18.6 Å². The molecule has 0 radical (unpaired) electrons. The summed E-state index contributed by atoms with van der Waals surface area (Å²) in [6.45, 7) is 0. The Kier molecular flexibility index (Phi) is 4.15. The first-order valence-electron chi connectivity index (χ1n) is 5.25. The van der Waals surface area contributed by atoms with Gasteiger partial charge in [-0.1, -0.05) is 23.7 Å². The second kappa shape index (κ2) is 6.01. The van der Waals surface area contributed by atoms with Crippen LogP contribution in [-0.4, -0.2) is 22.0 Å². The maximum atomic E-state index is 12.9. The fourth-order valence-electron chi connectivity index (χ4n) is 1.26. The number of halogens is 2. The van der Waals surface area contributed by atoms with Crippen molar-refractivity contribution in [2.24, 2.45) is 15.9 Å². The van der Waals surface area contributed by atoms with Crippen molar-refractivity contribution in [2.45, 2.75) is 0 Å². The van der Waals surface area contributed by atoms with Gasteiger partial charge in [0.2, 0.25) is 0 Å². The number of benzene rings is 1. The number of nitrogens with zero attached hydrogens (tertiary/aromatic N) is 4. The average Bonchev–Trinajstić information content (AvgIpc) is 2.38. The largest absolute Gasteiger partial charge is 0.380 e. The van der Waals surface area contributed by atoms with Crippen molar-refractivity contribution in [3.63, 3.8) is 0 Å². The van der Waals surface area contributed by atoms with Crippen LogP contribution in [0, 0.1) is 5.82 Å². The molecule has 0 saturated heterocycles. The predicted octanol–water partition coefficient (Wildman–Crippen LogP) is 2.01. The lowest BCUT2D eigenvalue weighted by atomic mass is 10.2. The quantitative estimate of drug-likeness (QED) is 0.530. The second-order valence-electron chi connectivity index (χ2n) is 3.51. The minimum atomic E-state index is -0.346. The molecule has 1 aromatic carbocycles. The molecule has 0 aliphatic rings. The van der Waals surface area contributed by atoms with Crippen LogP contribution < -0.4 is 5.73 Å². The molecule has 7 heteroatoms. The molecule has 0 atom stereocenters. The third kappa shape index (κ3) is 3.82. The van der Waals surface area contributed by atoms with Gasteiger partial charge in [0, 0.05) is 0 Å². The van der Waals surface area contributed by atoms with Crippen LogP contribution in [0.2, 0.25) is 5.15 Å². The molecule has 0 unspecified atom stereocenters. The lowest BCUT2D eigenvalue weighted by Crippen LogP contribution is -2.15. The molecular formula is C12H9ClFN5. The number of nitrogens with two attached hydrogens (primary N) is 1. The van der Waals surface area contributed by atoms with Crippen molar-refractivity contribution in [2.75, 3.05) is 0 Å². The van der Waals surface area contributed by atoms with Gasteiger partial charge < -0.3 is 5.73 Å². The van der Waals surface area contributed by atoms with Crippen LogP contribution in [-0.2, 0) is 0 Å². The average molecular weight is 278 g/mol. The Morgan fingerprint density at radius 1 is 1.37 bits per heavy atom. The van der Waals surface area contributed by atoms with E-state index in [4.69, 9.17) is 17.3 Å². The van der Waals surface area contributed by atoms with Crippen LogP contribution >= 0.6 is 11.6 Å². The zero-order valence-electron chi connectivity index (χ0n) is 9.66. The Hall–Kier alpha value is -2.34. The van der Waals surface area contributed by atoms with Gasteiger partial charge in [-0.3, -0.25) is 4.98 Å². The van der Waals surface area contributed by atoms with Gasteiger partial charge in [-0.2, -0.15) is 5.10 Å². The molecule has 0 aliphatic heterocycles. The maximum Gasteiger partial charge on any atom is 0.173 e. The maximum absolute atomic E-state index is 12.9. The Labute approximate surface area is 113 Å². The topological polar surface area (TPSA) is 76.5 Å². The fraction of sp³-hybridized carbons (Fsp3) is 0. The normalized spacial score (nSPS) is 12.0. The first kappa shape index (κ1) is 13.1. The summed E-state index contributed by atoms with van der Waals surface area (Å²) in [5, 5.41) is 7.70. The van der Waals surface area contributed by atoms with E-state index < -0.39 is 0 Å². The molecule has 2 N–H and O–H groups in total. The molecule has 96 valence electrons. The summed E-state index contributed by atoms with van der Waals surface area (Å²) < 4.78 is 12.9. The highest BCUT2D eigenvalue weighted by Gasteiger charge is 2.01. The second-order valence-corrected chi connectivity index (χ2v) is 3.90. The lowest BCUT2D eigenvalue weighted by molar-refractivity contribution is 0.627. The third-order valence-corrected chi connectivity index (χ3v) is 2.27. The van der Waals surface area contributed by atoms with Crippen LogP contribution in [0.4, 0.5) is 4.39 Å². The van der Waals surface area contributed by atoms with Gasteiger partial charge >= 0.3 is 0 Å². The zero-order valence-corrected chi connectivity index (χ0v) is 10.4. The Balaban J connectivity index is 2.14. The van der Waals surface area contributed by atoms with Gasteiger partial charge in [-0.25, -0.2) is 9.37 Å². The van der Waals surface area contributed by atoms with Gasteiger partial charge in [-0.05, 0) is 17.7 Å². The molecule has 0 saturated carbocycles. The molecule has 5 nitrogen and oxygen atoms in total. The van der Waals surface area contributed by atoms with Crippen molar-refractivity contribution < 1.29 is 4.39 Å². The molecule has 0 aliphatic carbocycles. The molecule has 2 rings (SSSR count). The molecule has 19 heavy (non-hydrogen) atoms. The summed E-state index contributed by atoms with van der Waals surface area (Å²) >= 11 is 5.67. The van der Waals surface area contributed by atoms with Gasteiger partial charge in [0.1, 0.15) is 16.7 Å².